The second-order valence-corrected chi connectivity index (χ2v) is 9.35. The molecule has 28 heavy (non-hydrogen) atoms. The van der Waals surface area contributed by atoms with Gasteiger partial charge in [-0.1, -0.05) is 24.3 Å². The molecule has 1 saturated heterocycles. The number of rotatable bonds is 5. The monoisotopic (exact) mass is 405 g/mol. The molecule has 1 amide bonds. The van der Waals surface area contributed by atoms with Gasteiger partial charge in [0.25, 0.3) is 10.2 Å². The molecule has 1 fully saturated rings. The molecule has 0 N–H and O–H groups in total. The number of piperazine rings is 1. The molecule has 0 unspecified atom stereocenters. The molecule has 2 aromatic rings. The molecule has 152 valence electrons. The first-order valence-electron chi connectivity index (χ1n) is 9.28. The van der Waals surface area contributed by atoms with Gasteiger partial charge >= 0.3 is 0 Å². The zero-order chi connectivity index (χ0) is 20.5. The molecule has 8 heteroatoms. The Labute approximate surface area is 166 Å². The second-order valence-electron chi connectivity index (χ2n) is 7.21. The zero-order valence-electron chi connectivity index (χ0n) is 16.8. The van der Waals surface area contributed by atoms with Gasteiger partial charge in [-0.15, -0.1) is 0 Å². The van der Waals surface area contributed by atoms with E-state index < -0.39 is 10.2 Å². The second kappa shape index (κ2) is 8.06. The molecule has 0 saturated carbocycles. The topological polar surface area (TPSA) is 70.2 Å². The van der Waals surface area contributed by atoms with E-state index in [1.807, 2.05) is 43.3 Å². The van der Waals surface area contributed by atoms with Crippen molar-refractivity contribution in [2.45, 2.75) is 12.8 Å². The highest BCUT2D eigenvalue weighted by molar-refractivity contribution is 7.86. The predicted molar refractivity (Wildman–Crippen MR) is 110 cm³/mol. The first-order chi connectivity index (χ1) is 13.2. The summed E-state index contributed by atoms with van der Waals surface area (Å²) in [5, 5.41) is 2.12. The first-order valence-corrected chi connectivity index (χ1v) is 10.7. The van der Waals surface area contributed by atoms with Crippen molar-refractivity contribution in [1.82, 2.24) is 13.5 Å². The summed E-state index contributed by atoms with van der Waals surface area (Å²) in [6.45, 7) is 3.34. The lowest BCUT2D eigenvalue weighted by atomic mass is 9.96. The molecule has 0 aliphatic carbocycles. The van der Waals surface area contributed by atoms with Crippen molar-refractivity contribution >= 4 is 26.9 Å². The van der Waals surface area contributed by atoms with Crippen LogP contribution in [0.2, 0.25) is 0 Å². The third-order valence-corrected chi connectivity index (χ3v) is 7.22. The lowest BCUT2D eigenvalue weighted by Crippen LogP contribution is -2.53. The fourth-order valence-corrected chi connectivity index (χ4v) is 4.51. The van der Waals surface area contributed by atoms with Crippen LogP contribution in [0.3, 0.4) is 0 Å². The van der Waals surface area contributed by atoms with Crippen LogP contribution in [0, 0.1) is 0 Å². The third-order valence-electron chi connectivity index (χ3n) is 5.28. The van der Waals surface area contributed by atoms with E-state index >= 15 is 0 Å². The van der Waals surface area contributed by atoms with Gasteiger partial charge in [0, 0.05) is 40.3 Å². The normalized spacial score (nSPS) is 17.1. The number of carbonyl (C=O) groups excluding carboxylic acids is 1. The highest BCUT2D eigenvalue weighted by Crippen LogP contribution is 2.26. The fourth-order valence-electron chi connectivity index (χ4n) is 3.43. The Morgan fingerprint density at radius 1 is 1.04 bits per heavy atom. The van der Waals surface area contributed by atoms with Crippen molar-refractivity contribution in [3.63, 3.8) is 0 Å². The smallest absolute Gasteiger partial charge is 0.281 e. The Hall–Kier alpha value is -2.16. The molecule has 0 spiro atoms. The van der Waals surface area contributed by atoms with Crippen LogP contribution in [0.5, 0.6) is 5.75 Å². The third kappa shape index (κ3) is 3.99. The van der Waals surface area contributed by atoms with Gasteiger partial charge in [0.05, 0.1) is 13.0 Å². The standard InChI is InChI=1S/C20H27N3O4S/c1-15(16-5-6-18-14-19(27-4)8-7-17(18)13-16)20(24)22-9-11-23(12-10-22)28(25,26)21(2)3/h5-8,13-15H,9-12H2,1-4H3/t15-/m0/s1. The summed E-state index contributed by atoms with van der Waals surface area (Å²) in [6, 6.07) is 11.9. The van der Waals surface area contributed by atoms with E-state index in [-0.39, 0.29) is 11.8 Å². The van der Waals surface area contributed by atoms with E-state index in [1.165, 1.54) is 22.7 Å². The van der Waals surface area contributed by atoms with Crippen molar-refractivity contribution in [3.8, 4) is 5.75 Å². The van der Waals surface area contributed by atoms with Gasteiger partial charge in [0.15, 0.2) is 0 Å². The summed E-state index contributed by atoms with van der Waals surface area (Å²) in [6.07, 6.45) is 0. The molecule has 1 aliphatic rings. The van der Waals surface area contributed by atoms with E-state index in [4.69, 9.17) is 4.74 Å². The average molecular weight is 406 g/mol. The average Bonchev–Trinajstić information content (AvgIpc) is 2.71. The van der Waals surface area contributed by atoms with Crippen LogP contribution in [0.1, 0.15) is 18.4 Å². The molecule has 2 aromatic carbocycles. The van der Waals surface area contributed by atoms with Crippen LogP contribution in [0.4, 0.5) is 0 Å². The molecule has 0 radical (unpaired) electrons. The van der Waals surface area contributed by atoms with E-state index in [0.717, 1.165) is 22.1 Å². The summed E-state index contributed by atoms with van der Waals surface area (Å²) in [7, 11) is 1.24. The number of benzene rings is 2. The van der Waals surface area contributed by atoms with E-state index in [0.29, 0.717) is 26.2 Å². The Bertz CT molecular complexity index is 967. The van der Waals surface area contributed by atoms with E-state index in [2.05, 4.69) is 0 Å². The molecule has 1 aliphatic heterocycles. The van der Waals surface area contributed by atoms with Gasteiger partial charge in [-0.05, 0) is 35.4 Å². The van der Waals surface area contributed by atoms with Crippen molar-refractivity contribution < 1.29 is 17.9 Å². The lowest BCUT2D eigenvalue weighted by molar-refractivity contribution is -0.133. The molecule has 1 heterocycles. The molecule has 0 bridgehead atoms. The van der Waals surface area contributed by atoms with E-state index in [9.17, 15) is 13.2 Å². The summed E-state index contributed by atoms with van der Waals surface area (Å²) in [5.74, 6) is 0.535. The largest absolute Gasteiger partial charge is 0.497 e. The van der Waals surface area contributed by atoms with Crippen molar-refractivity contribution in [3.05, 3.63) is 42.0 Å². The fraction of sp³-hybridized carbons (Fsp3) is 0.450. The van der Waals surface area contributed by atoms with Gasteiger partial charge in [0.1, 0.15) is 5.75 Å². The SMILES string of the molecule is COc1ccc2cc([C@H](C)C(=O)N3CCN(S(=O)(=O)N(C)C)CC3)ccc2c1. The molecule has 1 atom stereocenters. The summed E-state index contributed by atoms with van der Waals surface area (Å²) >= 11 is 0. The minimum Gasteiger partial charge on any atom is -0.497 e. The number of nitrogens with zero attached hydrogens (tertiary/aromatic N) is 3. The van der Waals surface area contributed by atoms with Gasteiger partial charge < -0.3 is 9.64 Å². The molecule has 3 rings (SSSR count). The van der Waals surface area contributed by atoms with Gasteiger partial charge in [-0.3, -0.25) is 4.79 Å². The van der Waals surface area contributed by atoms with Crippen LogP contribution >= 0.6 is 0 Å². The number of hydrogen-bond acceptors (Lipinski definition) is 4. The maximum Gasteiger partial charge on any atom is 0.281 e. The zero-order valence-corrected chi connectivity index (χ0v) is 17.6. The summed E-state index contributed by atoms with van der Waals surface area (Å²) < 4.78 is 32.3. The minimum absolute atomic E-state index is 0.0229. The van der Waals surface area contributed by atoms with Crippen LogP contribution < -0.4 is 4.74 Å². The molecule has 7 nitrogen and oxygen atoms in total. The van der Waals surface area contributed by atoms with Crippen LogP contribution in [0.25, 0.3) is 10.8 Å². The number of methoxy groups -OCH3 is 1. The predicted octanol–water partition coefficient (Wildman–Crippen LogP) is 1.90. The van der Waals surface area contributed by atoms with Crippen molar-refractivity contribution in [1.29, 1.82) is 0 Å². The Kier molecular flexibility index (Phi) is 5.92. The Morgan fingerprint density at radius 3 is 2.25 bits per heavy atom. The van der Waals surface area contributed by atoms with Gasteiger partial charge in [-0.2, -0.15) is 17.0 Å². The maximum absolute atomic E-state index is 13.0. The van der Waals surface area contributed by atoms with Crippen LogP contribution in [-0.2, 0) is 15.0 Å². The highest BCUT2D eigenvalue weighted by Gasteiger charge is 2.31. The molecule has 0 aromatic heterocycles. The Balaban J connectivity index is 1.70. The highest BCUT2D eigenvalue weighted by atomic mass is 32.2. The number of amides is 1. The van der Waals surface area contributed by atoms with Gasteiger partial charge in [-0.25, -0.2) is 0 Å². The van der Waals surface area contributed by atoms with E-state index in [1.54, 1.807) is 12.0 Å². The summed E-state index contributed by atoms with van der Waals surface area (Å²) in [5.41, 5.74) is 0.950. The number of hydrogen-bond donors (Lipinski definition) is 0. The van der Waals surface area contributed by atoms with Crippen molar-refractivity contribution in [2.75, 3.05) is 47.4 Å². The minimum atomic E-state index is -3.43. The summed E-state index contributed by atoms with van der Waals surface area (Å²) in [4.78, 5) is 14.7. The lowest BCUT2D eigenvalue weighted by Gasteiger charge is -2.36. The van der Waals surface area contributed by atoms with Crippen LogP contribution in [0.15, 0.2) is 36.4 Å². The molecular weight excluding hydrogens is 378 g/mol. The number of carbonyl (C=O) groups is 1. The molecular formula is C20H27N3O4S. The Morgan fingerprint density at radius 2 is 1.64 bits per heavy atom. The van der Waals surface area contributed by atoms with Crippen LogP contribution in [-0.4, -0.2) is 75.2 Å². The van der Waals surface area contributed by atoms with Crippen molar-refractivity contribution in [2.24, 2.45) is 0 Å². The first kappa shape index (κ1) is 20.6. The number of ether oxygens (including phenoxy) is 1. The maximum atomic E-state index is 13.0. The van der Waals surface area contributed by atoms with Gasteiger partial charge in [0.2, 0.25) is 5.91 Å². The quantitative estimate of drug-likeness (QED) is 0.762. The number of fused-ring (bicyclic) bond motifs is 1.